The predicted molar refractivity (Wildman–Crippen MR) is 172 cm³/mol. The van der Waals surface area contributed by atoms with Crippen molar-refractivity contribution < 1.29 is 14.3 Å². The highest BCUT2D eigenvalue weighted by molar-refractivity contribution is 9.08. The van der Waals surface area contributed by atoms with Crippen molar-refractivity contribution >= 4 is 85.5 Å². The maximum absolute atomic E-state index is 11.3. The van der Waals surface area contributed by atoms with E-state index in [1.54, 1.807) is 55.5 Å². The number of nitrogen functional groups attached to an aromatic ring is 1. The SMILES string of the molecule is CC(=O)c1cccc(CNc2ccc(Cl)cc2Cl)c1.COC(=O)c1cccc(CBr)c1.Nc1ccc(Cl)cc1Cl. The number of carbonyl (C=O) groups excluding carboxylic acids is 2. The molecule has 0 atom stereocenters. The molecule has 3 N–H and O–H groups in total. The lowest BCUT2D eigenvalue weighted by molar-refractivity contribution is 0.0600. The van der Waals surface area contributed by atoms with Gasteiger partial charge in [0.15, 0.2) is 5.78 Å². The van der Waals surface area contributed by atoms with Crippen molar-refractivity contribution in [2.45, 2.75) is 18.8 Å². The summed E-state index contributed by atoms with van der Waals surface area (Å²) in [6, 6.07) is 25.1. The highest BCUT2D eigenvalue weighted by Crippen LogP contribution is 2.26. The molecule has 4 rings (SSSR count). The van der Waals surface area contributed by atoms with E-state index in [1.165, 1.54) is 7.11 Å². The number of nitrogens with two attached hydrogens (primary N) is 1. The number of anilines is 2. The molecule has 0 heterocycles. The summed E-state index contributed by atoms with van der Waals surface area (Å²) in [5, 5.41) is 6.26. The van der Waals surface area contributed by atoms with E-state index in [4.69, 9.17) is 52.1 Å². The van der Waals surface area contributed by atoms with Gasteiger partial charge in [-0.3, -0.25) is 4.79 Å². The molecule has 10 heteroatoms. The number of alkyl halides is 1. The van der Waals surface area contributed by atoms with Crippen LogP contribution < -0.4 is 11.1 Å². The fourth-order valence-corrected chi connectivity index (χ4v) is 4.36. The van der Waals surface area contributed by atoms with Gasteiger partial charge in [-0.25, -0.2) is 4.79 Å². The third-order valence-electron chi connectivity index (χ3n) is 5.21. The summed E-state index contributed by atoms with van der Waals surface area (Å²) >= 11 is 26.4. The number of hydrogen-bond donors (Lipinski definition) is 2. The van der Waals surface area contributed by atoms with Gasteiger partial charge in [0.05, 0.1) is 34.1 Å². The Labute approximate surface area is 262 Å². The Morgan fingerprint density at radius 2 is 1.38 bits per heavy atom. The molecule has 5 nitrogen and oxygen atoms in total. The van der Waals surface area contributed by atoms with Crippen molar-refractivity contribution in [3.63, 3.8) is 0 Å². The number of nitrogens with one attached hydrogen (secondary N) is 1. The Morgan fingerprint density at radius 3 is 1.93 bits per heavy atom. The summed E-state index contributed by atoms with van der Waals surface area (Å²) in [5.41, 5.74) is 10.2. The molecule has 0 saturated carbocycles. The average Bonchev–Trinajstić information content (AvgIpc) is 2.95. The zero-order valence-corrected chi connectivity index (χ0v) is 26.3. The van der Waals surface area contributed by atoms with E-state index in [2.05, 4.69) is 26.0 Å². The van der Waals surface area contributed by atoms with Crippen LogP contribution in [-0.2, 0) is 16.6 Å². The van der Waals surface area contributed by atoms with Gasteiger partial charge < -0.3 is 15.8 Å². The first-order valence-electron chi connectivity index (χ1n) is 11.8. The van der Waals surface area contributed by atoms with Gasteiger partial charge in [-0.15, -0.1) is 0 Å². The molecule has 4 aromatic rings. The summed E-state index contributed by atoms with van der Waals surface area (Å²) < 4.78 is 4.58. The first-order chi connectivity index (χ1) is 19.0. The number of halogens is 5. The molecule has 0 fully saturated rings. The van der Waals surface area contributed by atoms with Crippen LogP contribution in [0.25, 0.3) is 0 Å². The Balaban J connectivity index is 0.000000228. The fourth-order valence-electron chi connectivity index (χ4n) is 3.13. The molecule has 0 aliphatic rings. The second-order valence-corrected chi connectivity index (χ2v) is 10.5. The van der Waals surface area contributed by atoms with Crippen LogP contribution in [0.1, 0.15) is 38.8 Å². The predicted octanol–water partition coefficient (Wildman–Crippen LogP) is 9.75. The minimum atomic E-state index is -0.294. The molecule has 0 unspecified atom stereocenters. The lowest BCUT2D eigenvalue weighted by atomic mass is 10.1. The van der Waals surface area contributed by atoms with E-state index in [0.717, 1.165) is 22.1 Å². The van der Waals surface area contributed by atoms with Gasteiger partial charge in [-0.05, 0) is 72.6 Å². The number of hydrogen-bond acceptors (Lipinski definition) is 5. The minimum absolute atomic E-state index is 0.0615. The van der Waals surface area contributed by atoms with Crippen LogP contribution in [0.15, 0.2) is 84.9 Å². The average molecular weight is 685 g/mol. The number of methoxy groups -OCH3 is 1. The molecule has 0 amide bonds. The Bertz CT molecular complexity index is 1450. The number of Topliss-reactive ketones (excluding diaryl/α,β-unsaturated/α-hetero) is 1. The van der Waals surface area contributed by atoms with Crippen molar-refractivity contribution in [3.8, 4) is 0 Å². The van der Waals surface area contributed by atoms with Gasteiger partial charge in [0.25, 0.3) is 0 Å². The summed E-state index contributed by atoms with van der Waals surface area (Å²) in [5.74, 6) is -0.232. The molecule has 0 spiro atoms. The van der Waals surface area contributed by atoms with E-state index in [-0.39, 0.29) is 11.8 Å². The van der Waals surface area contributed by atoms with Gasteiger partial charge in [0.1, 0.15) is 0 Å². The molecule has 210 valence electrons. The van der Waals surface area contributed by atoms with Gasteiger partial charge in [-0.2, -0.15) is 0 Å². The topological polar surface area (TPSA) is 81.4 Å². The standard InChI is InChI=1S/C15H13Cl2NO.C9H9BrO2.C6H5Cl2N/c1-10(19)12-4-2-3-11(7-12)9-18-15-6-5-13(16)8-14(15)17;1-12-9(11)8-4-2-3-7(5-8)6-10;7-4-1-2-6(9)5(8)3-4/h2-8,18H,9H2,1H3;2-5H,6H2,1H3;1-3H,9H2. The zero-order chi connectivity index (χ0) is 29.7. The molecule has 0 aromatic heterocycles. The minimum Gasteiger partial charge on any atom is -0.465 e. The molecule has 4 aromatic carbocycles. The molecule has 0 bridgehead atoms. The van der Waals surface area contributed by atoms with Crippen molar-refractivity contribution in [2.24, 2.45) is 0 Å². The third kappa shape index (κ3) is 11.4. The number of esters is 1. The highest BCUT2D eigenvalue weighted by Gasteiger charge is 2.05. The van der Waals surface area contributed by atoms with Gasteiger partial charge in [0, 0.05) is 27.5 Å². The molecule has 40 heavy (non-hydrogen) atoms. The van der Waals surface area contributed by atoms with Crippen molar-refractivity contribution in [1.82, 2.24) is 0 Å². The zero-order valence-electron chi connectivity index (χ0n) is 21.7. The number of ketones is 1. The lowest BCUT2D eigenvalue weighted by Gasteiger charge is -2.09. The van der Waals surface area contributed by atoms with Gasteiger partial charge >= 0.3 is 5.97 Å². The highest BCUT2D eigenvalue weighted by atomic mass is 79.9. The van der Waals surface area contributed by atoms with Crippen LogP contribution >= 0.6 is 62.3 Å². The number of benzene rings is 4. The lowest BCUT2D eigenvalue weighted by Crippen LogP contribution is -2.01. The van der Waals surface area contributed by atoms with E-state index >= 15 is 0 Å². The summed E-state index contributed by atoms with van der Waals surface area (Å²) in [6.07, 6.45) is 0. The Hall–Kier alpha value is -2.74. The normalized spacial score (nSPS) is 9.88. The second kappa shape index (κ2) is 17.2. The quantitative estimate of drug-likeness (QED) is 0.0915. The third-order valence-corrected chi connectivity index (χ3v) is 6.97. The number of carbonyl (C=O) groups is 2. The summed E-state index contributed by atoms with van der Waals surface area (Å²) in [6.45, 7) is 2.16. The first kappa shape index (κ1) is 33.5. The van der Waals surface area contributed by atoms with Crippen LogP contribution in [0.4, 0.5) is 11.4 Å². The van der Waals surface area contributed by atoms with Crippen LogP contribution in [0.2, 0.25) is 20.1 Å². The Morgan fingerprint density at radius 1 is 0.800 bits per heavy atom. The smallest absolute Gasteiger partial charge is 0.337 e. The van der Waals surface area contributed by atoms with Crippen LogP contribution in [0.5, 0.6) is 0 Å². The van der Waals surface area contributed by atoms with Crippen molar-refractivity contribution in [2.75, 3.05) is 18.2 Å². The maximum atomic E-state index is 11.3. The Kier molecular flexibility index (Phi) is 14.4. The van der Waals surface area contributed by atoms with Gasteiger partial charge in [-0.1, -0.05) is 92.7 Å². The first-order valence-corrected chi connectivity index (χ1v) is 14.4. The monoisotopic (exact) mass is 682 g/mol. The number of ether oxygens (including phenoxy) is 1. The van der Waals surface area contributed by atoms with Crippen molar-refractivity contribution in [3.05, 3.63) is 127 Å². The second-order valence-electron chi connectivity index (χ2n) is 8.23. The summed E-state index contributed by atoms with van der Waals surface area (Å²) in [7, 11) is 1.38. The molecule has 0 aliphatic carbocycles. The van der Waals surface area contributed by atoms with E-state index in [9.17, 15) is 9.59 Å². The van der Waals surface area contributed by atoms with E-state index in [0.29, 0.717) is 43.4 Å². The van der Waals surface area contributed by atoms with Crippen LogP contribution in [-0.4, -0.2) is 18.9 Å². The van der Waals surface area contributed by atoms with E-state index < -0.39 is 0 Å². The molecular weight excluding hydrogens is 658 g/mol. The van der Waals surface area contributed by atoms with Crippen LogP contribution in [0, 0.1) is 0 Å². The number of rotatable bonds is 6. The largest absolute Gasteiger partial charge is 0.465 e. The van der Waals surface area contributed by atoms with Crippen molar-refractivity contribution in [1.29, 1.82) is 0 Å². The van der Waals surface area contributed by atoms with E-state index in [1.807, 2.05) is 36.4 Å². The fraction of sp³-hybridized carbons (Fsp3) is 0.133. The molecule has 0 aliphatic heterocycles. The van der Waals surface area contributed by atoms with Gasteiger partial charge in [0.2, 0.25) is 0 Å². The van der Waals surface area contributed by atoms with Crippen LogP contribution in [0.3, 0.4) is 0 Å². The molecule has 0 radical (unpaired) electrons. The molecule has 0 saturated heterocycles. The maximum Gasteiger partial charge on any atom is 0.337 e. The summed E-state index contributed by atoms with van der Waals surface area (Å²) in [4.78, 5) is 22.4. The molecular formula is C30H27BrCl4N2O3.